The van der Waals surface area contributed by atoms with Crippen LogP contribution in [0.4, 0.5) is 0 Å². The molecular formula is C19H18N2O4S. The van der Waals surface area contributed by atoms with Gasteiger partial charge in [0.25, 0.3) is 0 Å². The van der Waals surface area contributed by atoms with Crippen molar-refractivity contribution in [1.82, 2.24) is 9.46 Å². The van der Waals surface area contributed by atoms with Crippen molar-refractivity contribution in [3.63, 3.8) is 0 Å². The zero-order chi connectivity index (χ0) is 18.1. The lowest BCUT2D eigenvalue weighted by atomic mass is 10.1. The zero-order valence-corrected chi connectivity index (χ0v) is 15.1. The third-order valence-corrected chi connectivity index (χ3v) is 6.31. The minimum Gasteiger partial charge on any atom is -0.457 e. The Labute approximate surface area is 152 Å². The summed E-state index contributed by atoms with van der Waals surface area (Å²) < 4.78 is 38.1. The van der Waals surface area contributed by atoms with Crippen LogP contribution < -0.4 is 4.74 Å². The number of hydrogen-bond acceptors (Lipinski definition) is 5. The summed E-state index contributed by atoms with van der Waals surface area (Å²) in [6.07, 6.45) is 2.11. The molecule has 7 heteroatoms. The molecule has 0 atom stereocenters. The van der Waals surface area contributed by atoms with Crippen molar-refractivity contribution < 1.29 is 17.7 Å². The fraction of sp³-hybridized carbons (Fsp3) is 0.211. The van der Waals surface area contributed by atoms with E-state index in [1.807, 2.05) is 31.2 Å². The number of hydrogen-bond donors (Lipinski definition) is 0. The molecule has 0 fully saturated rings. The van der Waals surface area contributed by atoms with E-state index in [9.17, 15) is 8.42 Å². The smallest absolute Gasteiger partial charge is 0.243 e. The van der Waals surface area contributed by atoms with Crippen LogP contribution >= 0.6 is 0 Å². The van der Waals surface area contributed by atoms with E-state index in [0.29, 0.717) is 18.7 Å². The first-order valence-corrected chi connectivity index (χ1v) is 9.74. The van der Waals surface area contributed by atoms with Gasteiger partial charge in [0.05, 0.1) is 11.1 Å². The second-order valence-corrected chi connectivity index (χ2v) is 8.14. The van der Waals surface area contributed by atoms with Crippen LogP contribution in [0.25, 0.3) is 0 Å². The van der Waals surface area contributed by atoms with E-state index in [0.717, 1.165) is 22.6 Å². The Morgan fingerprint density at radius 1 is 1.12 bits per heavy atom. The van der Waals surface area contributed by atoms with Gasteiger partial charge in [-0.25, -0.2) is 8.42 Å². The van der Waals surface area contributed by atoms with Gasteiger partial charge in [-0.15, -0.1) is 0 Å². The van der Waals surface area contributed by atoms with Gasteiger partial charge in [0.2, 0.25) is 10.0 Å². The summed E-state index contributed by atoms with van der Waals surface area (Å²) in [4.78, 5) is 0.245. The van der Waals surface area contributed by atoms with Gasteiger partial charge in [0.15, 0.2) is 0 Å². The fourth-order valence-corrected chi connectivity index (χ4v) is 4.37. The summed E-state index contributed by atoms with van der Waals surface area (Å²) in [7, 11) is -3.57. The van der Waals surface area contributed by atoms with Crippen LogP contribution in [0.3, 0.4) is 0 Å². The van der Waals surface area contributed by atoms with Crippen LogP contribution in [0, 0.1) is 6.92 Å². The fourth-order valence-electron chi connectivity index (χ4n) is 2.95. The van der Waals surface area contributed by atoms with E-state index in [1.165, 1.54) is 4.31 Å². The largest absolute Gasteiger partial charge is 0.457 e. The molecule has 0 bridgehead atoms. The highest BCUT2D eigenvalue weighted by Gasteiger charge is 2.30. The van der Waals surface area contributed by atoms with Gasteiger partial charge in [0, 0.05) is 25.1 Å². The predicted octanol–water partition coefficient (Wildman–Crippen LogP) is 3.52. The third kappa shape index (κ3) is 3.11. The molecule has 0 radical (unpaired) electrons. The number of rotatable bonds is 4. The van der Waals surface area contributed by atoms with E-state index >= 15 is 0 Å². The van der Waals surface area contributed by atoms with Gasteiger partial charge in [0.1, 0.15) is 17.3 Å². The molecule has 0 spiro atoms. The number of para-hydroxylation sites is 1. The van der Waals surface area contributed by atoms with E-state index in [2.05, 4.69) is 5.16 Å². The lowest BCUT2D eigenvalue weighted by Gasteiger charge is -2.25. The van der Waals surface area contributed by atoms with Crippen LogP contribution in [0.5, 0.6) is 11.5 Å². The second-order valence-electron chi connectivity index (χ2n) is 6.20. The standard InChI is InChI=1S/C19H18N2O4S/c1-14-4-2-3-5-18(14)24-16-6-8-17(9-7-16)26(22,23)21-11-10-19-15(13-21)12-20-25-19/h2-9,12H,10-11,13H2,1H3. The molecule has 134 valence electrons. The van der Waals surface area contributed by atoms with E-state index in [4.69, 9.17) is 9.26 Å². The highest BCUT2D eigenvalue weighted by atomic mass is 32.2. The molecule has 1 aliphatic heterocycles. The first kappa shape index (κ1) is 16.8. The van der Waals surface area contributed by atoms with Crippen molar-refractivity contribution in [1.29, 1.82) is 0 Å². The van der Waals surface area contributed by atoms with Gasteiger partial charge >= 0.3 is 0 Å². The molecule has 0 N–H and O–H groups in total. The summed E-state index contributed by atoms with van der Waals surface area (Å²) in [5, 5.41) is 3.74. The van der Waals surface area contributed by atoms with Crippen LogP contribution in [0.1, 0.15) is 16.9 Å². The lowest BCUT2D eigenvalue weighted by molar-refractivity contribution is 0.331. The molecule has 0 saturated heterocycles. The maximum Gasteiger partial charge on any atom is 0.243 e. The molecule has 1 aliphatic rings. The molecule has 2 heterocycles. The first-order valence-electron chi connectivity index (χ1n) is 8.30. The van der Waals surface area contributed by atoms with Gasteiger partial charge in [-0.05, 0) is 42.8 Å². The Morgan fingerprint density at radius 2 is 1.88 bits per heavy atom. The number of ether oxygens (including phenoxy) is 1. The number of aryl methyl sites for hydroxylation is 1. The Kier molecular flexibility index (Phi) is 4.26. The van der Waals surface area contributed by atoms with Gasteiger partial charge in [-0.2, -0.15) is 4.31 Å². The monoisotopic (exact) mass is 370 g/mol. The summed E-state index contributed by atoms with van der Waals surface area (Å²) in [5.74, 6) is 2.11. The van der Waals surface area contributed by atoms with Crippen LogP contribution in [-0.2, 0) is 23.0 Å². The van der Waals surface area contributed by atoms with E-state index in [1.54, 1.807) is 30.5 Å². The molecule has 1 aromatic heterocycles. The van der Waals surface area contributed by atoms with Gasteiger partial charge < -0.3 is 9.26 Å². The number of sulfonamides is 1. The minimum atomic E-state index is -3.57. The summed E-state index contributed by atoms with van der Waals surface area (Å²) in [6, 6.07) is 14.2. The van der Waals surface area contributed by atoms with Crippen molar-refractivity contribution in [2.45, 2.75) is 24.8 Å². The van der Waals surface area contributed by atoms with E-state index < -0.39 is 10.0 Å². The number of benzene rings is 2. The quantitative estimate of drug-likeness (QED) is 0.703. The Morgan fingerprint density at radius 3 is 2.65 bits per heavy atom. The highest BCUT2D eigenvalue weighted by Crippen LogP contribution is 2.28. The Hall–Kier alpha value is -2.64. The average Bonchev–Trinajstić information content (AvgIpc) is 3.12. The molecule has 0 unspecified atom stereocenters. The molecule has 4 rings (SSSR count). The van der Waals surface area contributed by atoms with Crippen molar-refractivity contribution in [2.24, 2.45) is 0 Å². The van der Waals surface area contributed by atoms with Crippen molar-refractivity contribution in [3.05, 3.63) is 71.6 Å². The molecule has 26 heavy (non-hydrogen) atoms. The summed E-state index contributed by atoms with van der Waals surface area (Å²) in [5.41, 5.74) is 1.83. The zero-order valence-electron chi connectivity index (χ0n) is 14.3. The van der Waals surface area contributed by atoms with Crippen molar-refractivity contribution in [3.8, 4) is 11.5 Å². The topological polar surface area (TPSA) is 72.6 Å². The lowest BCUT2D eigenvalue weighted by Crippen LogP contribution is -2.35. The number of aromatic nitrogens is 1. The van der Waals surface area contributed by atoms with Crippen LogP contribution in [0.15, 0.2) is 64.1 Å². The molecule has 2 aromatic carbocycles. The molecule has 0 aliphatic carbocycles. The molecule has 3 aromatic rings. The summed E-state index contributed by atoms with van der Waals surface area (Å²) >= 11 is 0. The summed E-state index contributed by atoms with van der Waals surface area (Å²) in [6.45, 7) is 2.62. The number of fused-ring (bicyclic) bond motifs is 1. The molecule has 6 nitrogen and oxygen atoms in total. The molecule has 0 amide bonds. The maximum atomic E-state index is 12.9. The third-order valence-electron chi connectivity index (χ3n) is 4.45. The Bertz CT molecular complexity index is 1030. The average molecular weight is 370 g/mol. The van der Waals surface area contributed by atoms with Gasteiger partial charge in [-0.1, -0.05) is 23.4 Å². The maximum absolute atomic E-state index is 12.9. The molecule has 0 saturated carbocycles. The second kappa shape index (κ2) is 6.59. The minimum absolute atomic E-state index is 0.245. The Balaban J connectivity index is 1.54. The van der Waals surface area contributed by atoms with Crippen molar-refractivity contribution >= 4 is 10.0 Å². The van der Waals surface area contributed by atoms with Crippen LogP contribution in [0.2, 0.25) is 0 Å². The normalized spacial score (nSPS) is 14.8. The van der Waals surface area contributed by atoms with E-state index in [-0.39, 0.29) is 11.4 Å². The number of nitrogens with zero attached hydrogens (tertiary/aromatic N) is 2. The predicted molar refractivity (Wildman–Crippen MR) is 95.5 cm³/mol. The van der Waals surface area contributed by atoms with Gasteiger partial charge in [-0.3, -0.25) is 0 Å². The van der Waals surface area contributed by atoms with Crippen molar-refractivity contribution in [2.75, 3.05) is 6.54 Å². The first-order chi connectivity index (χ1) is 12.5. The highest BCUT2D eigenvalue weighted by molar-refractivity contribution is 7.89. The SMILES string of the molecule is Cc1ccccc1Oc1ccc(S(=O)(=O)N2CCc3oncc3C2)cc1. The molecular weight excluding hydrogens is 352 g/mol. The van der Waals surface area contributed by atoms with Crippen LogP contribution in [-0.4, -0.2) is 24.4 Å².